The Labute approximate surface area is 131 Å². The summed E-state index contributed by atoms with van der Waals surface area (Å²) in [4.78, 5) is 0. The normalized spacial score (nSPS) is 13.0. The van der Waals surface area contributed by atoms with Crippen LogP contribution in [-0.4, -0.2) is 13.2 Å². The van der Waals surface area contributed by atoms with Crippen molar-refractivity contribution in [3.05, 3.63) is 64.7 Å². The molecule has 0 aliphatic carbocycles. The van der Waals surface area contributed by atoms with E-state index in [4.69, 9.17) is 16.3 Å². The largest absolute Gasteiger partial charge is 0.493 e. The second-order valence-electron chi connectivity index (χ2n) is 5.42. The van der Waals surface area contributed by atoms with Crippen molar-refractivity contribution in [2.75, 3.05) is 13.2 Å². The Balaban J connectivity index is 1.47. The number of alkyl halides is 1. The van der Waals surface area contributed by atoms with Crippen LogP contribution in [0.4, 0.5) is 0 Å². The Morgan fingerprint density at radius 3 is 2.86 bits per heavy atom. The molecule has 110 valence electrons. The molecule has 0 aromatic heterocycles. The fraction of sp³-hybridized carbons (Fsp3) is 0.333. The molecule has 0 radical (unpaired) electrons. The van der Waals surface area contributed by atoms with E-state index < -0.39 is 0 Å². The molecule has 0 amide bonds. The van der Waals surface area contributed by atoms with Crippen LogP contribution in [0.3, 0.4) is 0 Å². The first-order chi connectivity index (χ1) is 10.3. The van der Waals surface area contributed by atoms with E-state index in [0.29, 0.717) is 5.88 Å². The predicted molar refractivity (Wildman–Crippen MR) is 87.1 cm³/mol. The average molecular weight is 302 g/mol. The third-order valence-electron chi connectivity index (χ3n) is 3.82. The van der Waals surface area contributed by atoms with E-state index in [1.165, 1.54) is 22.3 Å². The maximum Gasteiger partial charge on any atom is 0.122 e. The van der Waals surface area contributed by atoms with Gasteiger partial charge in [0.1, 0.15) is 5.75 Å². The number of hydrogen-bond donors (Lipinski definition) is 1. The molecule has 1 aliphatic rings. The summed E-state index contributed by atoms with van der Waals surface area (Å²) in [5.74, 6) is 1.63. The standard InChI is InChI=1S/C18H20ClNO/c19-12-15-2-1-3-16(10-15)13-20-8-6-14-4-5-18-17(11-14)7-9-21-18/h1-5,10-11,20H,6-9,12-13H2. The fourth-order valence-corrected chi connectivity index (χ4v) is 2.85. The molecule has 0 unspecified atom stereocenters. The molecule has 0 atom stereocenters. The zero-order valence-corrected chi connectivity index (χ0v) is 12.8. The summed E-state index contributed by atoms with van der Waals surface area (Å²) in [5.41, 5.74) is 5.19. The average Bonchev–Trinajstić information content (AvgIpc) is 2.99. The zero-order chi connectivity index (χ0) is 14.5. The lowest BCUT2D eigenvalue weighted by Gasteiger charge is -2.07. The highest BCUT2D eigenvalue weighted by Gasteiger charge is 2.11. The second-order valence-corrected chi connectivity index (χ2v) is 5.69. The van der Waals surface area contributed by atoms with Gasteiger partial charge in [0.15, 0.2) is 0 Å². The van der Waals surface area contributed by atoms with Crippen molar-refractivity contribution in [3.8, 4) is 5.75 Å². The van der Waals surface area contributed by atoms with Gasteiger partial charge in [-0.15, -0.1) is 11.6 Å². The third kappa shape index (κ3) is 3.78. The lowest BCUT2D eigenvalue weighted by molar-refractivity contribution is 0.357. The van der Waals surface area contributed by atoms with Crippen molar-refractivity contribution in [1.29, 1.82) is 0 Å². The van der Waals surface area contributed by atoms with Crippen LogP contribution in [0.15, 0.2) is 42.5 Å². The van der Waals surface area contributed by atoms with Crippen molar-refractivity contribution >= 4 is 11.6 Å². The van der Waals surface area contributed by atoms with Gasteiger partial charge in [0, 0.05) is 18.8 Å². The van der Waals surface area contributed by atoms with E-state index in [0.717, 1.165) is 38.3 Å². The molecule has 1 heterocycles. The Kier molecular flexibility index (Phi) is 4.79. The van der Waals surface area contributed by atoms with E-state index in [-0.39, 0.29) is 0 Å². The monoisotopic (exact) mass is 301 g/mol. The highest BCUT2D eigenvalue weighted by molar-refractivity contribution is 6.17. The van der Waals surface area contributed by atoms with Gasteiger partial charge >= 0.3 is 0 Å². The molecule has 21 heavy (non-hydrogen) atoms. The highest BCUT2D eigenvalue weighted by Crippen LogP contribution is 2.25. The van der Waals surface area contributed by atoms with Crippen LogP contribution in [0.2, 0.25) is 0 Å². The van der Waals surface area contributed by atoms with Crippen LogP contribution in [0.5, 0.6) is 5.75 Å². The first-order valence-electron chi connectivity index (χ1n) is 7.44. The summed E-state index contributed by atoms with van der Waals surface area (Å²) >= 11 is 5.86. The number of rotatable bonds is 6. The molecule has 1 N–H and O–H groups in total. The van der Waals surface area contributed by atoms with Crippen LogP contribution in [0.25, 0.3) is 0 Å². The van der Waals surface area contributed by atoms with Crippen molar-refractivity contribution in [2.24, 2.45) is 0 Å². The molecule has 3 heteroatoms. The summed E-state index contributed by atoms with van der Waals surface area (Å²) in [5, 5.41) is 3.49. The van der Waals surface area contributed by atoms with Crippen LogP contribution in [-0.2, 0) is 25.3 Å². The summed E-state index contributed by atoms with van der Waals surface area (Å²) < 4.78 is 5.53. The van der Waals surface area contributed by atoms with Gasteiger partial charge < -0.3 is 10.1 Å². The number of ether oxygens (including phenoxy) is 1. The zero-order valence-electron chi connectivity index (χ0n) is 12.1. The number of benzene rings is 2. The van der Waals surface area contributed by atoms with E-state index in [1.807, 2.05) is 0 Å². The van der Waals surface area contributed by atoms with Crippen molar-refractivity contribution < 1.29 is 4.74 Å². The van der Waals surface area contributed by atoms with Crippen LogP contribution >= 0.6 is 11.6 Å². The van der Waals surface area contributed by atoms with Crippen molar-refractivity contribution in [1.82, 2.24) is 5.32 Å². The molecule has 2 aromatic carbocycles. The van der Waals surface area contributed by atoms with Crippen molar-refractivity contribution in [3.63, 3.8) is 0 Å². The van der Waals surface area contributed by atoms with E-state index in [2.05, 4.69) is 47.8 Å². The topological polar surface area (TPSA) is 21.3 Å². The fourth-order valence-electron chi connectivity index (χ4n) is 2.68. The Morgan fingerprint density at radius 2 is 1.95 bits per heavy atom. The molecular weight excluding hydrogens is 282 g/mol. The lowest BCUT2D eigenvalue weighted by Crippen LogP contribution is -2.16. The van der Waals surface area contributed by atoms with Gasteiger partial charge in [-0.05, 0) is 41.3 Å². The number of fused-ring (bicyclic) bond motifs is 1. The minimum atomic E-state index is 0.574. The molecule has 0 saturated heterocycles. The summed E-state index contributed by atoms with van der Waals surface area (Å²) in [6, 6.07) is 15.0. The van der Waals surface area contributed by atoms with Crippen LogP contribution in [0.1, 0.15) is 22.3 Å². The SMILES string of the molecule is ClCc1cccc(CNCCc2ccc3c(c2)CCO3)c1. The molecule has 0 fully saturated rings. The van der Waals surface area contributed by atoms with Crippen LogP contribution in [0, 0.1) is 0 Å². The van der Waals surface area contributed by atoms with Crippen molar-refractivity contribution in [2.45, 2.75) is 25.3 Å². The highest BCUT2D eigenvalue weighted by atomic mass is 35.5. The Bertz CT molecular complexity index is 612. The number of nitrogens with one attached hydrogen (secondary N) is 1. The molecule has 0 saturated carbocycles. The predicted octanol–water partition coefficient (Wildman–Crippen LogP) is 3.69. The maximum atomic E-state index is 5.86. The van der Waals surface area contributed by atoms with Gasteiger partial charge in [0.05, 0.1) is 6.61 Å². The molecule has 3 rings (SSSR count). The minimum absolute atomic E-state index is 0.574. The minimum Gasteiger partial charge on any atom is -0.493 e. The van der Waals surface area contributed by atoms with E-state index >= 15 is 0 Å². The van der Waals surface area contributed by atoms with Gasteiger partial charge in [-0.25, -0.2) is 0 Å². The molecule has 1 aliphatic heterocycles. The quantitative estimate of drug-likeness (QED) is 0.649. The Hall–Kier alpha value is -1.51. The third-order valence-corrected chi connectivity index (χ3v) is 4.13. The molecular formula is C18H20ClNO. The Morgan fingerprint density at radius 1 is 1.05 bits per heavy atom. The summed E-state index contributed by atoms with van der Waals surface area (Å²) in [6.07, 6.45) is 2.09. The summed E-state index contributed by atoms with van der Waals surface area (Å²) in [6.45, 7) is 2.69. The van der Waals surface area contributed by atoms with Gasteiger partial charge in [0.2, 0.25) is 0 Å². The maximum absolute atomic E-state index is 5.86. The van der Waals surface area contributed by atoms with Gasteiger partial charge in [-0.3, -0.25) is 0 Å². The van der Waals surface area contributed by atoms with Gasteiger partial charge in [-0.2, -0.15) is 0 Å². The number of hydrogen-bond acceptors (Lipinski definition) is 2. The van der Waals surface area contributed by atoms with Crippen LogP contribution < -0.4 is 10.1 Å². The number of halogens is 1. The van der Waals surface area contributed by atoms with E-state index in [9.17, 15) is 0 Å². The second kappa shape index (κ2) is 6.97. The molecule has 0 bridgehead atoms. The first-order valence-corrected chi connectivity index (χ1v) is 7.98. The summed E-state index contributed by atoms with van der Waals surface area (Å²) in [7, 11) is 0. The molecule has 0 spiro atoms. The van der Waals surface area contributed by atoms with Gasteiger partial charge in [0.25, 0.3) is 0 Å². The van der Waals surface area contributed by atoms with E-state index in [1.54, 1.807) is 0 Å². The molecule has 2 aromatic rings. The molecule has 2 nitrogen and oxygen atoms in total. The van der Waals surface area contributed by atoms with Gasteiger partial charge in [-0.1, -0.05) is 36.4 Å². The lowest BCUT2D eigenvalue weighted by atomic mass is 10.1. The smallest absolute Gasteiger partial charge is 0.122 e. The first kappa shape index (κ1) is 14.4.